The molecule has 5 aromatic carbocycles. The standard InChI is InChI=1S/C42H41N5O5S/c1-2-3-17-39-40(38(27-48)44-47(39)33-15-5-4-6-16-33)36-21-19-31(41(49)45-53(51,52)35-20-18-28-11-7-8-13-30(28)23-35)24-37(36)42(50)46-26-32-14-10-9-12-29(32)22-34(46)25-43/h4-16,18-21,23-24,34,48H,2-3,17,22,25-27,43H2,1H3,(H,45,49)/t34-/m0/s1. The molecule has 0 bridgehead atoms. The second-order valence-corrected chi connectivity index (χ2v) is 15.0. The van der Waals surface area contributed by atoms with Crippen LogP contribution in [0, 0.1) is 0 Å². The van der Waals surface area contributed by atoms with Crippen molar-refractivity contribution in [2.45, 2.75) is 56.7 Å². The topological polar surface area (TPSA) is 148 Å². The summed E-state index contributed by atoms with van der Waals surface area (Å²) in [6.07, 6.45) is 2.89. The monoisotopic (exact) mass is 727 g/mol. The molecule has 1 atom stereocenters. The minimum absolute atomic E-state index is 0.0146. The van der Waals surface area contributed by atoms with Crippen molar-refractivity contribution in [2.24, 2.45) is 5.73 Å². The van der Waals surface area contributed by atoms with Gasteiger partial charge in [0.2, 0.25) is 0 Å². The lowest BCUT2D eigenvalue weighted by Crippen LogP contribution is -2.48. The summed E-state index contributed by atoms with van der Waals surface area (Å²) in [5.74, 6) is -1.25. The van der Waals surface area contributed by atoms with Crippen LogP contribution in [0.4, 0.5) is 0 Å². The average Bonchev–Trinajstić information content (AvgIpc) is 3.57. The van der Waals surface area contributed by atoms with E-state index >= 15 is 0 Å². The number of sulfonamides is 1. The number of para-hydroxylation sites is 1. The molecule has 0 saturated heterocycles. The van der Waals surface area contributed by atoms with Gasteiger partial charge in [0.1, 0.15) is 0 Å². The number of fused-ring (bicyclic) bond motifs is 2. The third-order valence-corrected chi connectivity index (χ3v) is 11.2. The van der Waals surface area contributed by atoms with Gasteiger partial charge in [-0.25, -0.2) is 17.8 Å². The van der Waals surface area contributed by atoms with Crippen LogP contribution >= 0.6 is 0 Å². The van der Waals surface area contributed by atoms with Crippen molar-refractivity contribution < 1.29 is 23.1 Å². The van der Waals surface area contributed by atoms with Crippen molar-refractivity contribution >= 4 is 32.6 Å². The SMILES string of the molecule is CCCCc1c(-c2ccc(C(=O)NS(=O)(=O)c3ccc4ccccc4c3)cc2C(=O)N2Cc3ccccc3C[C@H]2CN)c(CO)nn1-c1ccccc1. The highest BCUT2D eigenvalue weighted by Crippen LogP contribution is 2.36. The van der Waals surface area contributed by atoms with Gasteiger partial charge < -0.3 is 15.7 Å². The Morgan fingerprint density at radius 2 is 1.60 bits per heavy atom. The Morgan fingerprint density at radius 3 is 2.34 bits per heavy atom. The molecule has 1 aromatic heterocycles. The summed E-state index contributed by atoms with van der Waals surface area (Å²) in [6.45, 7) is 2.22. The van der Waals surface area contributed by atoms with Crippen molar-refractivity contribution in [3.8, 4) is 16.8 Å². The third-order valence-electron chi connectivity index (χ3n) is 9.90. The van der Waals surface area contributed by atoms with Crippen molar-refractivity contribution in [3.63, 3.8) is 0 Å². The van der Waals surface area contributed by atoms with Gasteiger partial charge in [0.05, 0.1) is 28.6 Å². The molecule has 10 nitrogen and oxygen atoms in total. The normalized spacial score (nSPS) is 14.2. The molecular formula is C42H41N5O5S. The van der Waals surface area contributed by atoms with E-state index in [1.165, 1.54) is 24.3 Å². The fourth-order valence-electron chi connectivity index (χ4n) is 7.13. The molecule has 0 saturated carbocycles. The number of nitrogens with zero attached hydrogens (tertiary/aromatic N) is 3. The zero-order chi connectivity index (χ0) is 37.1. The molecule has 6 aromatic rings. The van der Waals surface area contributed by atoms with Gasteiger partial charge in [-0.1, -0.05) is 92.2 Å². The first-order valence-corrected chi connectivity index (χ1v) is 19.3. The van der Waals surface area contributed by atoms with E-state index in [1.54, 1.807) is 27.8 Å². The number of nitrogens with two attached hydrogens (primary N) is 1. The smallest absolute Gasteiger partial charge is 0.265 e. The van der Waals surface area contributed by atoms with Gasteiger partial charge in [-0.2, -0.15) is 5.10 Å². The summed E-state index contributed by atoms with van der Waals surface area (Å²) in [5, 5.41) is 17.1. The van der Waals surface area contributed by atoms with Crippen molar-refractivity contribution in [2.75, 3.05) is 6.54 Å². The molecule has 0 fully saturated rings. The van der Waals surface area contributed by atoms with Crippen LogP contribution in [0.1, 0.15) is 63.0 Å². The van der Waals surface area contributed by atoms with E-state index in [9.17, 15) is 23.1 Å². The Morgan fingerprint density at radius 1 is 0.887 bits per heavy atom. The van der Waals surface area contributed by atoms with E-state index in [4.69, 9.17) is 10.8 Å². The fourth-order valence-corrected chi connectivity index (χ4v) is 8.14. The number of amides is 2. The molecule has 7 rings (SSSR count). The molecule has 0 spiro atoms. The third kappa shape index (κ3) is 7.11. The number of carbonyl (C=O) groups is 2. The van der Waals surface area contributed by atoms with Gasteiger partial charge >= 0.3 is 0 Å². The number of hydrogen-bond donors (Lipinski definition) is 3. The van der Waals surface area contributed by atoms with Crippen LogP contribution in [0.25, 0.3) is 27.6 Å². The molecule has 2 heterocycles. The van der Waals surface area contributed by atoms with E-state index in [0.717, 1.165) is 40.7 Å². The maximum Gasteiger partial charge on any atom is 0.265 e. The second kappa shape index (κ2) is 15.2. The number of carbonyl (C=O) groups excluding carboxylic acids is 2. The highest BCUT2D eigenvalue weighted by atomic mass is 32.2. The van der Waals surface area contributed by atoms with Gasteiger partial charge in [-0.15, -0.1) is 0 Å². The molecule has 53 heavy (non-hydrogen) atoms. The van der Waals surface area contributed by atoms with Crippen molar-refractivity contribution in [1.82, 2.24) is 19.4 Å². The molecule has 4 N–H and O–H groups in total. The van der Waals surface area contributed by atoms with Gasteiger partial charge in [-0.3, -0.25) is 9.59 Å². The number of unbranched alkanes of at least 4 members (excludes halogenated alkanes) is 1. The second-order valence-electron chi connectivity index (χ2n) is 13.3. The largest absolute Gasteiger partial charge is 0.390 e. The summed E-state index contributed by atoms with van der Waals surface area (Å²) in [6, 6.07) is 33.8. The van der Waals surface area contributed by atoms with Gasteiger partial charge in [-0.05, 0) is 83.1 Å². The molecular weight excluding hydrogens is 687 g/mol. The molecule has 270 valence electrons. The number of aliphatic hydroxyl groups excluding tert-OH is 1. The molecule has 0 unspecified atom stereocenters. The highest BCUT2D eigenvalue weighted by molar-refractivity contribution is 7.90. The molecule has 2 amide bonds. The maximum absolute atomic E-state index is 14.9. The van der Waals surface area contributed by atoms with Gasteiger partial charge in [0.25, 0.3) is 21.8 Å². The van der Waals surface area contributed by atoms with E-state index < -0.39 is 22.5 Å². The number of hydrogen-bond acceptors (Lipinski definition) is 7. The molecule has 1 aliphatic heterocycles. The number of aromatic nitrogens is 2. The molecule has 11 heteroatoms. The Bertz CT molecular complexity index is 2430. The minimum atomic E-state index is -4.27. The average molecular weight is 728 g/mol. The highest BCUT2D eigenvalue weighted by Gasteiger charge is 2.33. The summed E-state index contributed by atoms with van der Waals surface area (Å²) < 4.78 is 31.1. The number of aliphatic hydroxyl groups is 1. The van der Waals surface area contributed by atoms with Crippen LogP contribution in [0.2, 0.25) is 0 Å². The fraction of sp³-hybridized carbons (Fsp3) is 0.214. The quantitative estimate of drug-likeness (QED) is 0.145. The zero-order valence-corrected chi connectivity index (χ0v) is 30.2. The summed E-state index contributed by atoms with van der Waals surface area (Å²) in [7, 11) is -4.27. The number of rotatable bonds is 11. The predicted octanol–water partition coefficient (Wildman–Crippen LogP) is 6.17. The van der Waals surface area contributed by atoms with Gasteiger partial charge in [0.15, 0.2) is 0 Å². The predicted molar refractivity (Wildman–Crippen MR) is 205 cm³/mol. The maximum atomic E-state index is 14.9. The lowest BCUT2D eigenvalue weighted by atomic mass is 9.90. The Hall–Kier alpha value is -5.62. The van der Waals surface area contributed by atoms with Crippen LogP contribution in [-0.2, 0) is 36.0 Å². The minimum Gasteiger partial charge on any atom is -0.390 e. The van der Waals surface area contributed by atoms with E-state index in [-0.39, 0.29) is 34.5 Å². The Kier molecular flexibility index (Phi) is 10.2. The van der Waals surface area contributed by atoms with E-state index in [0.29, 0.717) is 41.6 Å². The first-order valence-electron chi connectivity index (χ1n) is 17.8. The van der Waals surface area contributed by atoms with Crippen LogP contribution in [0.5, 0.6) is 0 Å². The van der Waals surface area contributed by atoms with Crippen LogP contribution < -0.4 is 10.5 Å². The van der Waals surface area contributed by atoms with E-state index in [2.05, 4.69) is 11.6 Å². The van der Waals surface area contributed by atoms with Crippen LogP contribution in [0.15, 0.2) is 120 Å². The van der Waals surface area contributed by atoms with Crippen LogP contribution in [-0.4, -0.2) is 52.6 Å². The molecule has 0 aliphatic carbocycles. The molecule has 0 radical (unpaired) electrons. The number of nitrogens with one attached hydrogen (secondary N) is 1. The van der Waals surface area contributed by atoms with Crippen molar-refractivity contribution in [1.29, 1.82) is 0 Å². The lowest BCUT2D eigenvalue weighted by molar-refractivity contribution is 0.0648. The first-order chi connectivity index (χ1) is 25.7. The summed E-state index contributed by atoms with van der Waals surface area (Å²) in [5.41, 5.74) is 11.6. The zero-order valence-electron chi connectivity index (χ0n) is 29.4. The lowest BCUT2D eigenvalue weighted by Gasteiger charge is -2.37. The van der Waals surface area contributed by atoms with Crippen molar-refractivity contribution in [3.05, 3.63) is 149 Å². The Labute approximate surface area is 308 Å². The summed E-state index contributed by atoms with van der Waals surface area (Å²) >= 11 is 0. The first kappa shape index (κ1) is 35.8. The molecule has 1 aliphatic rings. The van der Waals surface area contributed by atoms with E-state index in [1.807, 2.05) is 72.8 Å². The summed E-state index contributed by atoms with van der Waals surface area (Å²) in [4.78, 5) is 30.4. The van der Waals surface area contributed by atoms with Crippen LogP contribution in [0.3, 0.4) is 0 Å². The number of benzene rings is 5. The Balaban J connectivity index is 1.35. The van der Waals surface area contributed by atoms with Gasteiger partial charge in [0, 0.05) is 35.8 Å².